The zero-order chi connectivity index (χ0) is 12.7. The Morgan fingerprint density at radius 2 is 1.88 bits per heavy atom. The average molecular weight is 235 g/mol. The average Bonchev–Trinajstić information content (AvgIpc) is 2.38. The second-order valence-corrected chi connectivity index (χ2v) is 3.57. The first-order chi connectivity index (χ1) is 8.17. The quantitative estimate of drug-likeness (QED) is 0.765. The summed E-state index contributed by atoms with van der Waals surface area (Å²) in [6.45, 7) is 2.16. The van der Waals surface area contributed by atoms with Crippen molar-refractivity contribution in [1.82, 2.24) is 5.32 Å². The van der Waals surface area contributed by atoms with Crippen molar-refractivity contribution < 1.29 is 14.3 Å². The normalized spacial score (nSPS) is 9.76. The maximum absolute atomic E-state index is 11.4. The Morgan fingerprint density at radius 1 is 1.24 bits per heavy atom. The molecule has 0 saturated carbocycles. The van der Waals surface area contributed by atoms with E-state index in [2.05, 4.69) is 5.32 Å². The molecule has 0 aromatic heterocycles. The zero-order valence-corrected chi connectivity index (χ0v) is 10.2. The summed E-state index contributed by atoms with van der Waals surface area (Å²) in [4.78, 5) is 22.3. The summed E-state index contributed by atoms with van der Waals surface area (Å²) < 4.78 is 5.37. The Balaban J connectivity index is 2.46. The molecule has 0 saturated heterocycles. The van der Waals surface area contributed by atoms with Gasteiger partial charge in [0.15, 0.2) is 5.78 Å². The maximum atomic E-state index is 11.4. The van der Waals surface area contributed by atoms with Crippen LogP contribution >= 0.6 is 0 Å². The molecule has 1 N–H and O–H groups in total. The molecule has 17 heavy (non-hydrogen) atoms. The highest BCUT2D eigenvalue weighted by atomic mass is 16.5. The number of hydrogen-bond donors (Lipinski definition) is 1. The summed E-state index contributed by atoms with van der Waals surface area (Å²) in [5.41, 5.74) is 0.686. The molecule has 0 aliphatic heterocycles. The number of amides is 1. The van der Waals surface area contributed by atoms with E-state index < -0.39 is 0 Å². The van der Waals surface area contributed by atoms with Gasteiger partial charge in [-0.2, -0.15) is 0 Å². The number of ether oxygens (including phenoxy) is 1. The lowest BCUT2D eigenvalue weighted by molar-refractivity contribution is -0.121. The third kappa shape index (κ3) is 4.26. The maximum Gasteiger partial charge on any atom is 0.223 e. The predicted molar refractivity (Wildman–Crippen MR) is 65.2 cm³/mol. The smallest absolute Gasteiger partial charge is 0.223 e. The van der Waals surface area contributed by atoms with Crippen LogP contribution in [0.15, 0.2) is 24.3 Å². The standard InChI is InChI=1S/C13H17NO3/c1-3-12(15)10-4-6-11(7-5-10)17-9-8-13(16)14-2/h4-7H,3,8-9H2,1-2H3,(H,14,16). The van der Waals surface area contributed by atoms with Crippen molar-refractivity contribution in [2.75, 3.05) is 13.7 Å². The molecule has 1 aromatic rings. The Hall–Kier alpha value is -1.84. The van der Waals surface area contributed by atoms with Crippen LogP contribution in [-0.2, 0) is 4.79 Å². The van der Waals surface area contributed by atoms with Crippen molar-refractivity contribution in [3.8, 4) is 5.75 Å². The first kappa shape index (κ1) is 13.2. The molecule has 4 heteroatoms. The summed E-state index contributed by atoms with van der Waals surface area (Å²) in [6.07, 6.45) is 0.822. The number of hydrogen-bond acceptors (Lipinski definition) is 3. The fraction of sp³-hybridized carbons (Fsp3) is 0.385. The molecular weight excluding hydrogens is 218 g/mol. The predicted octanol–water partition coefficient (Wildman–Crippen LogP) is 1.79. The molecule has 0 unspecified atom stereocenters. The first-order valence-corrected chi connectivity index (χ1v) is 5.64. The number of nitrogens with one attached hydrogen (secondary N) is 1. The van der Waals surface area contributed by atoms with Crippen LogP contribution < -0.4 is 10.1 Å². The number of carbonyl (C=O) groups is 2. The molecule has 0 spiro atoms. The lowest BCUT2D eigenvalue weighted by atomic mass is 10.1. The number of ketones is 1. The van der Waals surface area contributed by atoms with Gasteiger partial charge in [0.05, 0.1) is 13.0 Å². The van der Waals surface area contributed by atoms with Crippen LogP contribution in [0, 0.1) is 0 Å². The van der Waals surface area contributed by atoms with Gasteiger partial charge in [0.25, 0.3) is 0 Å². The van der Waals surface area contributed by atoms with Crippen molar-refractivity contribution in [2.45, 2.75) is 19.8 Å². The van der Waals surface area contributed by atoms with Gasteiger partial charge in [0.2, 0.25) is 5.91 Å². The van der Waals surface area contributed by atoms with Gasteiger partial charge >= 0.3 is 0 Å². The van der Waals surface area contributed by atoms with Crippen LogP contribution in [0.4, 0.5) is 0 Å². The molecule has 0 atom stereocenters. The molecule has 0 aliphatic carbocycles. The van der Waals surface area contributed by atoms with Gasteiger partial charge in [-0.15, -0.1) is 0 Å². The molecule has 4 nitrogen and oxygen atoms in total. The molecule has 0 radical (unpaired) electrons. The Kier molecular flexibility index (Phi) is 5.20. The van der Waals surface area contributed by atoms with Crippen LogP contribution in [0.5, 0.6) is 5.75 Å². The Bertz CT molecular complexity index is 384. The second kappa shape index (κ2) is 6.68. The molecule has 1 amide bonds. The van der Waals surface area contributed by atoms with E-state index in [9.17, 15) is 9.59 Å². The van der Waals surface area contributed by atoms with Crippen LogP contribution in [0.1, 0.15) is 30.1 Å². The van der Waals surface area contributed by atoms with Gasteiger partial charge in [-0.3, -0.25) is 9.59 Å². The van der Waals surface area contributed by atoms with E-state index in [1.165, 1.54) is 0 Å². The van der Waals surface area contributed by atoms with Gasteiger partial charge in [-0.25, -0.2) is 0 Å². The molecule has 0 bridgehead atoms. The van der Waals surface area contributed by atoms with E-state index in [1.54, 1.807) is 31.3 Å². The molecule has 92 valence electrons. The van der Waals surface area contributed by atoms with Crippen molar-refractivity contribution in [1.29, 1.82) is 0 Å². The molecule has 0 fully saturated rings. The molecule has 1 aromatic carbocycles. The van der Waals surface area contributed by atoms with E-state index in [0.29, 0.717) is 30.8 Å². The second-order valence-electron chi connectivity index (χ2n) is 3.57. The summed E-state index contributed by atoms with van der Waals surface area (Å²) >= 11 is 0. The molecule has 0 aliphatic rings. The molecule has 1 rings (SSSR count). The Morgan fingerprint density at radius 3 is 2.41 bits per heavy atom. The van der Waals surface area contributed by atoms with Gasteiger partial charge < -0.3 is 10.1 Å². The number of benzene rings is 1. The van der Waals surface area contributed by atoms with Crippen molar-refractivity contribution in [3.63, 3.8) is 0 Å². The van der Waals surface area contributed by atoms with Gasteiger partial charge in [0.1, 0.15) is 5.75 Å². The lowest BCUT2D eigenvalue weighted by Crippen LogP contribution is -2.20. The Labute approximate surface area is 101 Å². The van der Waals surface area contributed by atoms with E-state index in [4.69, 9.17) is 4.74 Å². The minimum Gasteiger partial charge on any atom is -0.493 e. The summed E-state index contributed by atoms with van der Waals surface area (Å²) in [7, 11) is 1.59. The summed E-state index contributed by atoms with van der Waals surface area (Å²) in [5, 5.41) is 2.52. The zero-order valence-electron chi connectivity index (χ0n) is 10.2. The first-order valence-electron chi connectivity index (χ1n) is 5.64. The number of rotatable bonds is 6. The summed E-state index contributed by atoms with van der Waals surface area (Å²) in [5.74, 6) is 0.728. The van der Waals surface area contributed by atoms with Crippen molar-refractivity contribution in [3.05, 3.63) is 29.8 Å². The van der Waals surface area contributed by atoms with Crippen LogP contribution in [0.3, 0.4) is 0 Å². The number of carbonyl (C=O) groups excluding carboxylic acids is 2. The SMILES string of the molecule is CCC(=O)c1ccc(OCCC(=O)NC)cc1. The highest BCUT2D eigenvalue weighted by molar-refractivity contribution is 5.95. The van der Waals surface area contributed by atoms with Crippen molar-refractivity contribution in [2.24, 2.45) is 0 Å². The molecule has 0 heterocycles. The topological polar surface area (TPSA) is 55.4 Å². The number of Topliss-reactive ketones (excluding diaryl/α,β-unsaturated/α-hetero) is 1. The van der Waals surface area contributed by atoms with Crippen LogP contribution in [0.25, 0.3) is 0 Å². The van der Waals surface area contributed by atoms with E-state index in [1.807, 2.05) is 6.92 Å². The minimum atomic E-state index is -0.0530. The third-order valence-corrected chi connectivity index (χ3v) is 2.37. The monoisotopic (exact) mass is 235 g/mol. The van der Waals surface area contributed by atoms with E-state index in [0.717, 1.165) is 0 Å². The highest BCUT2D eigenvalue weighted by Crippen LogP contribution is 2.13. The lowest BCUT2D eigenvalue weighted by Gasteiger charge is -2.06. The van der Waals surface area contributed by atoms with Gasteiger partial charge in [-0.1, -0.05) is 6.92 Å². The minimum absolute atomic E-state index is 0.0530. The van der Waals surface area contributed by atoms with Gasteiger partial charge in [0, 0.05) is 19.0 Å². The largest absolute Gasteiger partial charge is 0.493 e. The molecular formula is C13H17NO3. The fourth-order valence-corrected chi connectivity index (χ4v) is 1.33. The third-order valence-electron chi connectivity index (χ3n) is 2.37. The van der Waals surface area contributed by atoms with Crippen LogP contribution in [-0.4, -0.2) is 25.3 Å². The van der Waals surface area contributed by atoms with E-state index >= 15 is 0 Å². The summed E-state index contributed by atoms with van der Waals surface area (Å²) in [6, 6.07) is 6.96. The fourth-order valence-electron chi connectivity index (χ4n) is 1.33. The van der Waals surface area contributed by atoms with Gasteiger partial charge in [-0.05, 0) is 24.3 Å². The van der Waals surface area contributed by atoms with Crippen LogP contribution in [0.2, 0.25) is 0 Å². The van der Waals surface area contributed by atoms with E-state index in [-0.39, 0.29) is 11.7 Å². The highest BCUT2D eigenvalue weighted by Gasteiger charge is 2.03. The van der Waals surface area contributed by atoms with Crippen molar-refractivity contribution >= 4 is 11.7 Å².